The highest BCUT2D eigenvalue weighted by Gasteiger charge is 2.46. The number of barbiturate groups is 1. The van der Waals surface area contributed by atoms with Gasteiger partial charge in [0.25, 0.3) is 11.8 Å². The Morgan fingerprint density at radius 3 is 1.97 bits per heavy atom. The fourth-order valence-corrected chi connectivity index (χ4v) is 3.38. The Labute approximate surface area is 193 Å². The molecule has 180 valence electrons. The lowest BCUT2D eigenvalue weighted by Gasteiger charge is -2.32. The van der Waals surface area contributed by atoms with Crippen LogP contribution in [0.4, 0.5) is 23.7 Å². The number of benzene rings is 2. The van der Waals surface area contributed by atoms with Crippen molar-refractivity contribution in [1.82, 2.24) is 9.80 Å². The maximum absolute atomic E-state index is 12.8. The minimum atomic E-state index is -4.46. The van der Waals surface area contributed by atoms with Crippen LogP contribution in [0, 0.1) is 5.92 Å². The molecule has 3 rings (SSSR count). The molecule has 1 saturated heterocycles. The molecule has 0 aliphatic carbocycles. The van der Waals surface area contributed by atoms with Gasteiger partial charge in [-0.1, -0.05) is 13.8 Å². The zero-order chi connectivity index (χ0) is 25.4. The second-order valence-electron chi connectivity index (χ2n) is 8.03. The van der Waals surface area contributed by atoms with Gasteiger partial charge in [-0.05, 0) is 53.9 Å². The summed E-state index contributed by atoms with van der Waals surface area (Å²) in [5.41, 5.74) is 0.124. The van der Waals surface area contributed by atoms with Gasteiger partial charge in [0.2, 0.25) is 5.91 Å². The summed E-state index contributed by atoms with van der Waals surface area (Å²) >= 11 is 0. The summed E-state index contributed by atoms with van der Waals surface area (Å²) in [7, 11) is 2.36. The number of amides is 5. The van der Waals surface area contributed by atoms with Crippen molar-refractivity contribution in [2.75, 3.05) is 19.4 Å². The van der Waals surface area contributed by atoms with Crippen molar-refractivity contribution >= 4 is 29.4 Å². The molecule has 0 unspecified atom stereocenters. The first-order valence-electron chi connectivity index (χ1n) is 10.2. The summed E-state index contributed by atoms with van der Waals surface area (Å²) in [5, 5.41) is 2.57. The van der Waals surface area contributed by atoms with Gasteiger partial charge >= 0.3 is 12.2 Å². The number of hydrogen-bond donors (Lipinski definition) is 1. The predicted molar refractivity (Wildman–Crippen MR) is 115 cm³/mol. The maximum Gasteiger partial charge on any atom is 0.416 e. The van der Waals surface area contributed by atoms with E-state index < -0.39 is 41.4 Å². The lowest BCUT2D eigenvalue weighted by molar-refractivity contribution is -0.151. The lowest BCUT2D eigenvalue weighted by Crippen LogP contribution is -2.59. The zero-order valence-corrected chi connectivity index (χ0v) is 18.8. The fraction of sp³-hybridized carbons (Fsp3) is 0.304. The van der Waals surface area contributed by atoms with Gasteiger partial charge in [0.15, 0.2) is 5.92 Å². The van der Waals surface area contributed by atoms with Crippen LogP contribution in [0.15, 0.2) is 42.5 Å². The molecule has 0 atom stereocenters. The molecule has 8 nitrogen and oxygen atoms in total. The third kappa shape index (κ3) is 4.87. The van der Waals surface area contributed by atoms with E-state index in [1.807, 2.05) is 13.8 Å². The smallest absolute Gasteiger partial charge is 0.416 e. The van der Waals surface area contributed by atoms with Crippen molar-refractivity contribution < 1.29 is 37.1 Å². The predicted octanol–water partition coefficient (Wildman–Crippen LogP) is 4.23. The number of nitrogens with one attached hydrogen (secondary N) is 1. The topological polar surface area (TPSA) is 96.0 Å². The number of ether oxygens (including phenoxy) is 1. The second-order valence-corrected chi connectivity index (χ2v) is 8.03. The molecule has 1 N–H and O–H groups in total. The number of halogens is 3. The van der Waals surface area contributed by atoms with Crippen molar-refractivity contribution in [3.8, 4) is 11.5 Å². The van der Waals surface area contributed by atoms with Gasteiger partial charge in [-0.3, -0.25) is 24.2 Å². The summed E-state index contributed by atoms with van der Waals surface area (Å²) in [6.45, 7) is 3.67. The molecule has 0 aromatic heterocycles. The number of alkyl halides is 3. The molecule has 11 heteroatoms. The quantitative estimate of drug-likeness (QED) is 0.651. The van der Waals surface area contributed by atoms with Gasteiger partial charge in [-0.2, -0.15) is 13.2 Å². The van der Waals surface area contributed by atoms with Crippen LogP contribution < -0.4 is 10.1 Å². The Morgan fingerprint density at radius 2 is 1.47 bits per heavy atom. The molecule has 0 bridgehead atoms. The minimum absolute atomic E-state index is 0.129. The molecular weight excluding hydrogens is 455 g/mol. The average molecular weight is 477 g/mol. The number of hydrogen-bond acceptors (Lipinski definition) is 5. The maximum atomic E-state index is 12.8. The number of urea groups is 1. The molecule has 1 aliphatic rings. The number of rotatable bonds is 5. The van der Waals surface area contributed by atoms with Gasteiger partial charge in [-0.25, -0.2) is 4.79 Å². The zero-order valence-electron chi connectivity index (χ0n) is 18.8. The number of carbonyl (C=O) groups excluding carboxylic acids is 4. The monoisotopic (exact) mass is 477 g/mol. The van der Waals surface area contributed by atoms with Crippen LogP contribution in [0.25, 0.3) is 0 Å². The summed E-state index contributed by atoms with van der Waals surface area (Å²) in [4.78, 5) is 50.9. The van der Waals surface area contributed by atoms with Crippen LogP contribution in [-0.2, 0) is 20.6 Å². The Hall–Kier alpha value is -3.89. The first-order chi connectivity index (χ1) is 15.8. The largest absolute Gasteiger partial charge is 0.457 e. The average Bonchev–Trinajstić information content (AvgIpc) is 2.77. The summed E-state index contributed by atoms with van der Waals surface area (Å²) < 4.78 is 43.9. The molecule has 1 aliphatic heterocycles. The highest BCUT2D eigenvalue weighted by molar-refractivity contribution is 6.27. The highest BCUT2D eigenvalue weighted by atomic mass is 19.4. The van der Waals surface area contributed by atoms with Crippen molar-refractivity contribution in [2.24, 2.45) is 5.92 Å². The van der Waals surface area contributed by atoms with Gasteiger partial charge < -0.3 is 10.1 Å². The summed E-state index contributed by atoms with van der Waals surface area (Å²) in [6, 6.07) is 7.98. The van der Waals surface area contributed by atoms with Gasteiger partial charge in [-0.15, -0.1) is 0 Å². The Kier molecular flexibility index (Phi) is 6.67. The van der Waals surface area contributed by atoms with E-state index >= 15 is 0 Å². The normalized spacial score (nSPS) is 15.2. The highest BCUT2D eigenvalue weighted by Crippen LogP contribution is 2.34. The molecule has 0 saturated carbocycles. The van der Waals surface area contributed by atoms with E-state index in [2.05, 4.69) is 5.32 Å². The van der Waals surface area contributed by atoms with E-state index in [0.717, 1.165) is 12.1 Å². The van der Waals surface area contributed by atoms with E-state index in [9.17, 15) is 32.3 Å². The van der Waals surface area contributed by atoms with E-state index in [4.69, 9.17) is 4.74 Å². The minimum Gasteiger partial charge on any atom is -0.457 e. The Bertz CT molecular complexity index is 1120. The van der Waals surface area contributed by atoms with Crippen LogP contribution in [0.2, 0.25) is 0 Å². The van der Waals surface area contributed by atoms with E-state index in [0.29, 0.717) is 26.8 Å². The van der Waals surface area contributed by atoms with Crippen molar-refractivity contribution in [3.05, 3.63) is 53.6 Å². The molecule has 0 radical (unpaired) electrons. The number of carbonyl (C=O) groups is 4. The van der Waals surface area contributed by atoms with Crippen LogP contribution >= 0.6 is 0 Å². The van der Waals surface area contributed by atoms with Gasteiger partial charge in [0.05, 0.1) is 5.56 Å². The SMILES string of the molecule is CC(C)c1cc(Oc2ccc(C(F)(F)F)cc2)ccc1NC(=O)C1C(=O)N(C)C(=O)N(C)C1=O. The van der Waals surface area contributed by atoms with Crippen LogP contribution in [0.3, 0.4) is 0 Å². The van der Waals surface area contributed by atoms with Crippen LogP contribution in [0.1, 0.15) is 30.9 Å². The Balaban J connectivity index is 1.82. The molecular formula is C23H22F3N3O5. The Morgan fingerprint density at radius 1 is 0.941 bits per heavy atom. The molecule has 5 amide bonds. The van der Waals surface area contributed by atoms with Crippen LogP contribution in [-0.4, -0.2) is 47.6 Å². The number of anilines is 1. The van der Waals surface area contributed by atoms with E-state index in [-0.39, 0.29) is 11.7 Å². The molecule has 34 heavy (non-hydrogen) atoms. The third-order valence-electron chi connectivity index (χ3n) is 5.31. The molecule has 2 aromatic carbocycles. The molecule has 0 spiro atoms. The molecule has 1 fully saturated rings. The third-order valence-corrected chi connectivity index (χ3v) is 5.31. The molecule has 2 aromatic rings. The van der Waals surface area contributed by atoms with Gasteiger partial charge in [0, 0.05) is 19.8 Å². The fourth-order valence-electron chi connectivity index (χ4n) is 3.38. The molecule has 1 heterocycles. The van der Waals surface area contributed by atoms with Gasteiger partial charge in [0.1, 0.15) is 11.5 Å². The number of imide groups is 2. The van der Waals surface area contributed by atoms with Crippen molar-refractivity contribution in [2.45, 2.75) is 25.9 Å². The summed E-state index contributed by atoms with van der Waals surface area (Å²) in [6.07, 6.45) is -4.46. The van der Waals surface area contributed by atoms with Crippen LogP contribution in [0.5, 0.6) is 11.5 Å². The van der Waals surface area contributed by atoms with Crippen molar-refractivity contribution in [1.29, 1.82) is 0 Å². The van der Waals surface area contributed by atoms with E-state index in [1.54, 1.807) is 6.07 Å². The first kappa shape index (κ1) is 24.7. The standard InChI is InChI=1S/C23H22F3N3O5/c1-12(2)16-11-15(34-14-7-5-13(6-8-14)23(24,25)26)9-10-17(16)27-19(30)18-20(31)28(3)22(33)29(4)21(18)32/h5-12,18H,1-4H3,(H,27,30). The van der Waals surface area contributed by atoms with E-state index in [1.165, 1.54) is 38.4 Å². The second kappa shape index (κ2) is 9.16. The summed E-state index contributed by atoms with van der Waals surface area (Å²) in [5.74, 6) is -4.09. The first-order valence-corrected chi connectivity index (χ1v) is 10.2. The lowest BCUT2D eigenvalue weighted by atomic mass is 9.99. The number of nitrogens with zero attached hydrogens (tertiary/aromatic N) is 2. The van der Waals surface area contributed by atoms with Crippen molar-refractivity contribution in [3.63, 3.8) is 0 Å².